The molecule has 4 aliphatic rings. The Morgan fingerprint density at radius 1 is 0.889 bits per heavy atom. The molecule has 4 heterocycles. The number of hydrogen-bond acceptors (Lipinski definition) is 13. The lowest BCUT2D eigenvalue weighted by atomic mass is 9.82. The van der Waals surface area contributed by atoms with E-state index in [1.165, 1.54) is 12.4 Å². The quantitative estimate of drug-likeness (QED) is 0.0967. The molecule has 72 heavy (non-hydrogen) atoms. The molecule has 19 nitrogen and oxygen atoms in total. The molecule has 2 aliphatic carbocycles. The number of nitrogens with one attached hydrogen (secondary N) is 5. The van der Waals surface area contributed by atoms with Crippen molar-refractivity contribution in [2.24, 2.45) is 11.8 Å². The predicted molar refractivity (Wildman–Crippen MR) is 259 cm³/mol. The molecule has 0 unspecified atom stereocenters. The van der Waals surface area contributed by atoms with Gasteiger partial charge in [0, 0.05) is 81.3 Å². The van der Waals surface area contributed by atoms with E-state index in [0.717, 1.165) is 24.1 Å². The van der Waals surface area contributed by atoms with Gasteiger partial charge in [-0.25, -0.2) is 9.97 Å². The Hall–Kier alpha value is -6.00. The number of ether oxygens (including phenoxy) is 2. The van der Waals surface area contributed by atoms with Crippen molar-refractivity contribution in [2.45, 2.75) is 127 Å². The summed E-state index contributed by atoms with van der Waals surface area (Å²) in [5, 5.41) is 15.2. The number of carbonyl (C=O) groups is 6. The highest BCUT2D eigenvalue weighted by Crippen LogP contribution is 2.38. The summed E-state index contributed by atoms with van der Waals surface area (Å²) in [6, 6.07) is 5.48. The van der Waals surface area contributed by atoms with Crippen LogP contribution >= 0.6 is 0 Å². The van der Waals surface area contributed by atoms with Gasteiger partial charge < -0.3 is 50.8 Å². The van der Waals surface area contributed by atoms with Gasteiger partial charge in [-0.1, -0.05) is 6.07 Å². The van der Waals surface area contributed by atoms with Crippen LogP contribution in [0.4, 0.5) is 19.0 Å². The van der Waals surface area contributed by atoms with Gasteiger partial charge in [0.15, 0.2) is 0 Å². The van der Waals surface area contributed by atoms with Gasteiger partial charge in [-0.05, 0) is 102 Å². The van der Waals surface area contributed by atoms with Crippen LogP contribution in [0.3, 0.4) is 0 Å². The van der Waals surface area contributed by atoms with Gasteiger partial charge in [0.05, 0.1) is 54.9 Å². The summed E-state index contributed by atoms with van der Waals surface area (Å²) in [7, 11) is 3.74. The number of amides is 6. The summed E-state index contributed by atoms with van der Waals surface area (Å²) in [5.41, 5.74) is 0.264. The third-order valence-electron chi connectivity index (χ3n) is 14.7. The minimum absolute atomic E-state index is 0.0595. The van der Waals surface area contributed by atoms with Crippen LogP contribution in [0.15, 0.2) is 49.1 Å². The zero-order valence-electron chi connectivity index (χ0n) is 41.4. The predicted octanol–water partition coefficient (Wildman–Crippen LogP) is 3.35. The lowest BCUT2D eigenvalue weighted by molar-refractivity contribution is -0.137. The number of aromatic nitrogens is 3. The minimum Gasteiger partial charge on any atom is -0.377 e. The number of halogens is 3. The largest absolute Gasteiger partial charge is 0.416 e. The number of pyridine rings is 1. The summed E-state index contributed by atoms with van der Waals surface area (Å²) >= 11 is 0. The summed E-state index contributed by atoms with van der Waals surface area (Å²) in [6.45, 7) is 5.47. The number of hydrogen-bond donors (Lipinski definition) is 5. The van der Waals surface area contributed by atoms with E-state index < -0.39 is 29.7 Å². The number of anilines is 1. The smallest absolute Gasteiger partial charge is 0.377 e. The number of alkyl halides is 3. The van der Waals surface area contributed by atoms with Gasteiger partial charge in [0.25, 0.3) is 0 Å². The van der Waals surface area contributed by atoms with Crippen LogP contribution in [0.1, 0.15) is 95.2 Å². The topological polar surface area (TPSA) is 229 Å². The molecule has 0 bridgehead atoms. The molecule has 7 rings (SSSR count). The van der Waals surface area contributed by atoms with Crippen LogP contribution in [0, 0.1) is 11.8 Å². The van der Waals surface area contributed by atoms with Crippen LogP contribution in [0.5, 0.6) is 0 Å². The van der Waals surface area contributed by atoms with Gasteiger partial charge in [0.1, 0.15) is 24.8 Å². The molecule has 5 N–H and O–H groups in total. The maximum Gasteiger partial charge on any atom is 0.416 e. The number of rotatable bonds is 21. The highest BCUT2D eigenvalue weighted by molar-refractivity contribution is 5.94. The first-order chi connectivity index (χ1) is 34.5. The minimum atomic E-state index is -4.56. The zero-order chi connectivity index (χ0) is 51.5. The van der Waals surface area contributed by atoms with Crippen molar-refractivity contribution in [3.63, 3.8) is 0 Å². The van der Waals surface area contributed by atoms with Gasteiger partial charge in [-0.3, -0.25) is 33.8 Å². The third-order valence-corrected chi connectivity index (χ3v) is 14.7. The van der Waals surface area contributed by atoms with Crippen molar-refractivity contribution in [1.29, 1.82) is 0 Å². The Morgan fingerprint density at radius 2 is 1.67 bits per heavy atom. The second kappa shape index (κ2) is 24.6. The molecular weight excluding hydrogens is 940 g/mol. The average molecular weight is 1010 g/mol. The molecule has 6 atom stereocenters. The maximum absolute atomic E-state index is 14.1. The fourth-order valence-corrected chi connectivity index (χ4v) is 10.5. The van der Waals surface area contributed by atoms with Crippen molar-refractivity contribution in [3.8, 4) is 0 Å². The number of benzene rings is 1. The Labute approximate surface area is 417 Å². The number of carbonyl (C=O) groups excluding carboxylic acids is 6. The number of fused-ring (bicyclic) bond motifs is 1. The Balaban J connectivity index is 0.781. The molecular formula is C50H68F3N11O8. The van der Waals surface area contributed by atoms with Gasteiger partial charge in [-0.2, -0.15) is 13.2 Å². The number of nitrogens with zero attached hydrogens (tertiary/aromatic N) is 6. The fourth-order valence-electron chi connectivity index (χ4n) is 10.5. The highest BCUT2D eigenvalue weighted by atomic mass is 19.4. The first-order valence-electron chi connectivity index (χ1n) is 25.0. The van der Waals surface area contributed by atoms with Crippen LogP contribution in [-0.4, -0.2) is 162 Å². The van der Waals surface area contributed by atoms with E-state index in [0.29, 0.717) is 57.0 Å². The molecule has 2 saturated carbocycles. The second-order valence-electron chi connectivity index (χ2n) is 19.6. The lowest BCUT2D eigenvalue weighted by Crippen LogP contribution is -2.59. The summed E-state index contributed by atoms with van der Waals surface area (Å²) in [4.78, 5) is 96.5. The van der Waals surface area contributed by atoms with E-state index in [1.807, 2.05) is 11.0 Å². The Bertz CT molecular complexity index is 2370. The standard InChI is InChI=1S/C50H68F3N11O8/c1-30(2)62(3)35-12-14-41(64-20-16-39(49(64)70)60-46-36-24-33(50(51,52)53)9-13-38(36)57-29-58-46)40(25-35)61-47(68)31-7-10-34(11-8-31)59-43(66)28-72-23-22-71-21-19-55-42(65)15-18-56-48(69)37-26-44(67)63(4)45(37)32-6-5-17-54-27-32/h5-6,9,13,17,24,27,29-31,34-35,37,39-41,45H,7-8,10-12,14-16,18-23,25-26,28H2,1-4H3,(H,55,65)(H,56,69)(H,59,66)(H,61,68)(H,57,58,60)/t31-,34+,35-,37+,39+,40-,41+,45-/m1/s1. The van der Waals surface area contributed by atoms with E-state index in [1.54, 1.807) is 30.4 Å². The SMILES string of the molecule is CC(C)N(C)[C@@H]1CC[C@H](N2CC[C@H](Nc3ncnc4ccc(C(F)(F)F)cc34)C2=O)[C@H](NC(=O)[C@H]2CC[C@@H](NC(=O)COCCOCCNC(=O)CCNC(=O)[C@H]3CC(=O)N(C)[C@@H]3c3cccnc3)CC2)C1. The zero-order valence-corrected chi connectivity index (χ0v) is 41.4. The van der Waals surface area contributed by atoms with Crippen molar-refractivity contribution in [2.75, 3.05) is 65.5 Å². The molecule has 2 aliphatic heterocycles. The first-order valence-corrected chi connectivity index (χ1v) is 25.0. The summed E-state index contributed by atoms with van der Waals surface area (Å²) in [6.07, 6.45) is 5.07. The van der Waals surface area contributed by atoms with E-state index in [-0.39, 0.29) is 135 Å². The van der Waals surface area contributed by atoms with E-state index in [2.05, 4.69) is 67.3 Å². The maximum atomic E-state index is 14.1. The van der Waals surface area contributed by atoms with Gasteiger partial charge in [0.2, 0.25) is 35.4 Å². The summed E-state index contributed by atoms with van der Waals surface area (Å²) < 4.78 is 51.8. The van der Waals surface area contributed by atoms with Crippen LogP contribution in [0.2, 0.25) is 0 Å². The van der Waals surface area contributed by atoms with Crippen LogP contribution < -0.4 is 26.6 Å². The molecule has 0 spiro atoms. The fraction of sp³-hybridized carbons (Fsp3) is 0.620. The van der Waals surface area contributed by atoms with E-state index >= 15 is 0 Å². The van der Waals surface area contributed by atoms with E-state index in [4.69, 9.17) is 9.47 Å². The molecule has 1 aromatic carbocycles. The van der Waals surface area contributed by atoms with Crippen molar-refractivity contribution in [1.82, 2.24) is 50.9 Å². The molecule has 4 fully saturated rings. The molecule has 2 saturated heterocycles. The molecule has 392 valence electrons. The highest BCUT2D eigenvalue weighted by Gasteiger charge is 2.45. The monoisotopic (exact) mass is 1010 g/mol. The lowest BCUT2D eigenvalue weighted by Gasteiger charge is -2.45. The van der Waals surface area contributed by atoms with Crippen LogP contribution in [0.25, 0.3) is 10.9 Å². The van der Waals surface area contributed by atoms with Crippen molar-refractivity contribution in [3.05, 3.63) is 60.2 Å². The molecule has 3 aromatic rings. The van der Waals surface area contributed by atoms with Crippen molar-refractivity contribution >= 4 is 52.2 Å². The summed E-state index contributed by atoms with van der Waals surface area (Å²) in [5.74, 6) is -1.92. The number of likely N-dealkylation sites (tertiary alicyclic amines) is 2. The first kappa shape index (κ1) is 53.8. The molecule has 2 aromatic heterocycles. The average Bonchev–Trinajstić information content (AvgIpc) is 3.87. The molecule has 6 amide bonds. The normalized spacial score (nSPS) is 24.7. The van der Waals surface area contributed by atoms with Gasteiger partial charge >= 0.3 is 6.18 Å². The Morgan fingerprint density at radius 3 is 2.40 bits per heavy atom. The molecule has 0 radical (unpaired) electrons. The van der Waals surface area contributed by atoms with E-state index in [9.17, 15) is 41.9 Å². The molecule has 22 heteroatoms. The van der Waals surface area contributed by atoms with Gasteiger partial charge in [-0.15, -0.1) is 0 Å². The van der Waals surface area contributed by atoms with Crippen molar-refractivity contribution < 1.29 is 51.4 Å². The third kappa shape index (κ3) is 13.7. The second-order valence-corrected chi connectivity index (χ2v) is 19.6. The van der Waals surface area contributed by atoms with Crippen LogP contribution in [-0.2, 0) is 44.4 Å². The Kier molecular flexibility index (Phi) is 18.4.